The van der Waals surface area contributed by atoms with Gasteiger partial charge in [-0.15, -0.1) is 0 Å². The van der Waals surface area contributed by atoms with Crippen LogP contribution in [-0.2, 0) is 4.74 Å². The molecule has 0 saturated carbocycles. The zero-order valence-corrected chi connectivity index (χ0v) is 17.3. The average molecular weight is 477 g/mol. The molecule has 2 fully saturated rings. The Hall–Kier alpha value is -3.03. The fraction of sp³-hybridized carbons (Fsp3) is 0.400. The third-order valence-corrected chi connectivity index (χ3v) is 5.52. The largest absolute Gasteiger partial charge is 0.456 e. The normalized spacial score (nSPS) is 17.8. The fourth-order valence-corrected chi connectivity index (χ4v) is 3.79. The van der Waals surface area contributed by atoms with Crippen LogP contribution in [-0.4, -0.2) is 47.7 Å². The molecular weight excluding hydrogens is 453 g/mol. The molecule has 0 aliphatic carbocycles. The van der Waals surface area contributed by atoms with Gasteiger partial charge in [0.15, 0.2) is 17.4 Å². The van der Waals surface area contributed by atoms with E-state index < -0.39 is 35.2 Å². The second-order valence-corrected chi connectivity index (χ2v) is 8.12. The summed E-state index contributed by atoms with van der Waals surface area (Å²) in [5.41, 5.74) is 7.00. The molecule has 2 aliphatic rings. The molecule has 2 aliphatic heterocycles. The molecule has 4 N–H and O–H groups in total. The number of fused-ring (bicyclic) bond motifs is 1. The maximum absolute atomic E-state index is 13.4. The molecule has 1 aromatic carbocycles. The van der Waals surface area contributed by atoms with Gasteiger partial charge in [-0.2, -0.15) is 18.7 Å². The smallest absolute Gasteiger partial charge is 0.413 e. The van der Waals surface area contributed by atoms with Gasteiger partial charge in [0, 0.05) is 33.0 Å². The molecule has 0 radical (unpaired) electrons. The van der Waals surface area contributed by atoms with Crippen LogP contribution in [0.3, 0.4) is 0 Å². The Morgan fingerprint density at radius 1 is 1.21 bits per heavy atom. The van der Waals surface area contributed by atoms with Crippen molar-refractivity contribution in [2.45, 2.75) is 19.1 Å². The highest BCUT2D eigenvalue weighted by atomic mass is 19.4. The minimum Gasteiger partial charge on any atom is -0.456 e. The number of aromatic nitrogens is 2. The summed E-state index contributed by atoms with van der Waals surface area (Å²) in [5.74, 6) is -1.98. The van der Waals surface area contributed by atoms with Crippen LogP contribution < -0.4 is 16.1 Å². The van der Waals surface area contributed by atoms with Gasteiger partial charge in [0.05, 0.1) is 36.7 Å². The summed E-state index contributed by atoms with van der Waals surface area (Å²) in [5, 5.41) is 8.48. The Morgan fingerprint density at radius 2 is 1.85 bits per heavy atom. The van der Waals surface area contributed by atoms with Crippen molar-refractivity contribution >= 4 is 22.6 Å². The lowest BCUT2D eigenvalue weighted by Gasteiger charge is -2.54. The molecule has 1 spiro atoms. The maximum atomic E-state index is 13.4. The zero-order valence-electron chi connectivity index (χ0n) is 17.3. The molecule has 2 aromatic heterocycles. The van der Waals surface area contributed by atoms with E-state index in [1.54, 1.807) is 12.4 Å². The van der Waals surface area contributed by atoms with E-state index in [9.17, 15) is 22.0 Å². The first kappa shape index (κ1) is 23.1. The Morgan fingerprint density at radius 3 is 2.36 bits per heavy atom. The van der Waals surface area contributed by atoms with Crippen molar-refractivity contribution in [1.82, 2.24) is 15.4 Å². The molecule has 1 atom stereocenters. The van der Waals surface area contributed by atoms with E-state index in [0.717, 1.165) is 43.8 Å². The van der Waals surface area contributed by atoms with Crippen molar-refractivity contribution in [3.63, 3.8) is 0 Å². The molecule has 0 amide bonds. The van der Waals surface area contributed by atoms with E-state index in [0.29, 0.717) is 17.2 Å². The number of nitrogens with two attached hydrogens (primary N) is 1. The number of hydroxylamine groups is 1. The topological polar surface area (TPSA) is 110 Å². The van der Waals surface area contributed by atoms with E-state index in [4.69, 9.17) is 20.1 Å². The van der Waals surface area contributed by atoms with E-state index >= 15 is 0 Å². The van der Waals surface area contributed by atoms with E-state index in [1.165, 1.54) is 6.92 Å². The van der Waals surface area contributed by atoms with Crippen molar-refractivity contribution in [2.24, 2.45) is 5.41 Å². The van der Waals surface area contributed by atoms with Gasteiger partial charge in [-0.1, -0.05) is 0 Å². The first-order chi connectivity index (χ1) is 15.5. The van der Waals surface area contributed by atoms with Gasteiger partial charge < -0.3 is 25.0 Å². The summed E-state index contributed by atoms with van der Waals surface area (Å²) in [6, 6.07) is -1.14. The number of hydrogen-bond acceptors (Lipinski definition) is 8. The van der Waals surface area contributed by atoms with E-state index in [-0.39, 0.29) is 13.8 Å². The van der Waals surface area contributed by atoms with Gasteiger partial charge in [0.2, 0.25) is 5.95 Å². The number of nitrogens with one attached hydrogen (secondary N) is 1. The van der Waals surface area contributed by atoms with Crippen LogP contribution in [0.5, 0.6) is 0 Å². The highest BCUT2D eigenvalue weighted by Gasteiger charge is 2.49. The number of halogens is 5. The summed E-state index contributed by atoms with van der Waals surface area (Å²) in [4.78, 5) is 10.5. The second-order valence-electron chi connectivity index (χ2n) is 8.12. The van der Waals surface area contributed by atoms with Crippen LogP contribution in [0.15, 0.2) is 28.9 Å². The van der Waals surface area contributed by atoms with Gasteiger partial charge in [0.25, 0.3) is 0 Å². The summed E-state index contributed by atoms with van der Waals surface area (Å²) in [7, 11) is 0. The molecule has 4 heterocycles. The molecule has 0 unspecified atom stereocenters. The minimum absolute atomic E-state index is 0. The van der Waals surface area contributed by atoms with E-state index in [2.05, 4.69) is 14.9 Å². The minimum atomic E-state index is -4.84. The lowest BCUT2D eigenvalue weighted by molar-refractivity contribution is -0.182. The molecule has 33 heavy (non-hydrogen) atoms. The van der Waals surface area contributed by atoms with Crippen molar-refractivity contribution in [1.29, 1.82) is 0 Å². The lowest BCUT2D eigenvalue weighted by atomic mass is 9.78. The molecule has 182 valence electrons. The highest BCUT2D eigenvalue weighted by Crippen LogP contribution is 2.39. The van der Waals surface area contributed by atoms with Crippen LogP contribution in [0.25, 0.3) is 11.0 Å². The number of alkyl halides is 3. The first-order valence-electron chi connectivity index (χ1n) is 9.77. The quantitative estimate of drug-likeness (QED) is 0.384. The average Bonchev–Trinajstić information content (AvgIpc) is 2.98. The molecule has 0 bridgehead atoms. The summed E-state index contributed by atoms with van der Waals surface area (Å²) in [6.45, 7) is 5.01. The monoisotopic (exact) mass is 477 g/mol. The molecule has 2 saturated heterocycles. The number of hydrogen-bond donors (Lipinski definition) is 3. The number of aryl methyl sites for hydroxylation is 1. The number of anilines is 2. The second kappa shape index (κ2) is 8.39. The summed E-state index contributed by atoms with van der Waals surface area (Å²) >= 11 is 0. The number of ether oxygens (including phenoxy) is 1. The lowest BCUT2D eigenvalue weighted by Crippen LogP contribution is -2.66. The van der Waals surface area contributed by atoms with Crippen molar-refractivity contribution in [3.8, 4) is 0 Å². The van der Waals surface area contributed by atoms with Gasteiger partial charge >= 0.3 is 6.18 Å². The van der Waals surface area contributed by atoms with Gasteiger partial charge in [-0.05, 0) is 13.0 Å². The van der Waals surface area contributed by atoms with E-state index in [1.807, 2.05) is 0 Å². The van der Waals surface area contributed by atoms with Crippen LogP contribution >= 0.6 is 0 Å². The zero-order chi connectivity index (χ0) is 24.0. The Labute approximate surface area is 187 Å². The van der Waals surface area contributed by atoms with Gasteiger partial charge in [-0.3, -0.25) is 0 Å². The Balaban J connectivity index is 0.000000241. The number of benzene rings is 1. The first-order valence-corrected chi connectivity index (χ1v) is 9.77. The number of nitrogen functional groups attached to an aromatic ring is 1. The van der Waals surface area contributed by atoms with Gasteiger partial charge in [-0.25, -0.2) is 18.7 Å². The summed E-state index contributed by atoms with van der Waals surface area (Å²) in [6.07, 6.45) is -1.56. The van der Waals surface area contributed by atoms with Crippen molar-refractivity contribution in [2.75, 3.05) is 36.9 Å². The SMILES string of the molecule is Cc1c([C@@H](NO)C(F)(F)F)oc2c(F)cc(F)cc12.Nc1cnc(N2CC3(COC3)C2)nc1.[HH].[HH]. The third-order valence-electron chi connectivity index (χ3n) is 5.52. The number of nitrogens with zero attached hydrogens (tertiary/aromatic N) is 3. The molecule has 8 nitrogen and oxygen atoms in total. The summed E-state index contributed by atoms with van der Waals surface area (Å²) < 4.78 is 74.3. The standard InChI is InChI=1S/C11H8F5NO2.C9H12N4O.2H2/c1-4-6-2-5(12)3-7(13)9(6)19-8(4)10(17-18)11(14,15)16;10-7-1-11-8(12-2-7)13-3-9(4-13)5-14-6-9;;/h2-3,10,17-18H,1H3;1-2H,3-6,10H2;2*1H/t10-;;;/m1.../s1. The van der Waals surface area contributed by atoms with Crippen LogP contribution in [0, 0.1) is 24.0 Å². The Bertz CT molecular complexity index is 1150. The molecule has 13 heteroatoms. The molecule has 5 rings (SSSR count). The van der Waals surface area contributed by atoms with Crippen molar-refractivity contribution < 1.29 is 39.2 Å². The van der Waals surface area contributed by atoms with Gasteiger partial charge in [0.1, 0.15) is 11.6 Å². The number of furan rings is 1. The Kier molecular flexibility index (Phi) is 5.88. The van der Waals surface area contributed by atoms with Crippen LogP contribution in [0.1, 0.15) is 20.2 Å². The maximum Gasteiger partial charge on any atom is 0.413 e. The fourth-order valence-electron chi connectivity index (χ4n) is 3.79. The molecule has 3 aromatic rings. The van der Waals surface area contributed by atoms with Crippen LogP contribution in [0.4, 0.5) is 33.6 Å². The third kappa shape index (κ3) is 4.43. The number of rotatable bonds is 3. The molecular formula is C20H24F5N5O3. The highest BCUT2D eigenvalue weighted by molar-refractivity contribution is 5.82. The van der Waals surface area contributed by atoms with Crippen molar-refractivity contribution in [3.05, 3.63) is 47.5 Å². The predicted octanol–water partition coefficient (Wildman–Crippen LogP) is 3.99. The van der Waals surface area contributed by atoms with Crippen LogP contribution in [0.2, 0.25) is 0 Å². The predicted molar refractivity (Wildman–Crippen MR) is 111 cm³/mol.